The number of hydrogen-bond acceptors (Lipinski definition) is 6. The fraction of sp³-hybridized carbons (Fsp3) is 0.385. The predicted molar refractivity (Wildman–Crippen MR) is 133 cm³/mol. The van der Waals surface area contributed by atoms with Crippen LogP contribution in [0.5, 0.6) is 0 Å². The highest BCUT2D eigenvalue weighted by atomic mass is 16.1. The van der Waals surface area contributed by atoms with Gasteiger partial charge in [0.25, 0.3) is 5.56 Å². The number of fused-ring (bicyclic) bond motifs is 2. The topological polar surface area (TPSA) is 89.7 Å². The lowest BCUT2D eigenvalue weighted by Gasteiger charge is -2.18. The van der Waals surface area contributed by atoms with Gasteiger partial charge in [0.1, 0.15) is 5.39 Å². The quantitative estimate of drug-likeness (QED) is 0.473. The zero-order valence-corrected chi connectivity index (χ0v) is 19.8. The molecule has 0 bridgehead atoms. The SMILES string of the molecule is CC(C)n1c(=O)c2cnc(Nc3ccc4c(c3)CNCC4)nc2n1-c1cccc(C2(C)CC2)n1. The van der Waals surface area contributed by atoms with Crippen LogP contribution in [-0.2, 0) is 18.4 Å². The summed E-state index contributed by atoms with van der Waals surface area (Å²) in [6, 6.07) is 12.3. The second-order valence-corrected chi connectivity index (χ2v) is 9.96. The van der Waals surface area contributed by atoms with Crippen LogP contribution in [0.4, 0.5) is 11.6 Å². The van der Waals surface area contributed by atoms with Crippen LogP contribution in [-0.4, -0.2) is 30.9 Å². The van der Waals surface area contributed by atoms with Gasteiger partial charge in [-0.25, -0.2) is 19.3 Å². The average molecular weight is 456 g/mol. The van der Waals surface area contributed by atoms with Crippen LogP contribution in [0.15, 0.2) is 47.4 Å². The molecule has 1 aliphatic heterocycles. The molecule has 4 aromatic rings. The van der Waals surface area contributed by atoms with E-state index in [9.17, 15) is 4.79 Å². The Balaban J connectivity index is 1.46. The third-order valence-corrected chi connectivity index (χ3v) is 7.03. The summed E-state index contributed by atoms with van der Waals surface area (Å²) in [5.74, 6) is 1.16. The largest absolute Gasteiger partial charge is 0.324 e. The van der Waals surface area contributed by atoms with Gasteiger partial charge in [-0.05, 0) is 75.0 Å². The molecule has 0 atom stereocenters. The molecule has 2 N–H and O–H groups in total. The molecule has 6 rings (SSSR count). The van der Waals surface area contributed by atoms with Crippen LogP contribution in [0.25, 0.3) is 16.9 Å². The second kappa shape index (κ2) is 7.77. The van der Waals surface area contributed by atoms with Crippen LogP contribution in [0.1, 0.15) is 56.5 Å². The average Bonchev–Trinajstić information content (AvgIpc) is 3.53. The Morgan fingerprint density at radius 1 is 1.12 bits per heavy atom. The Kier molecular flexibility index (Phi) is 4.81. The summed E-state index contributed by atoms with van der Waals surface area (Å²) in [6.45, 7) is 8.11. The van der Waals surface area contributed by atoms with Crippen LogP contribution < -0.4 is 16.2 Å². The smallest absolute Gasteiger partial charge is 0.278 e. The van der Waals surface area contributed by atoms with Crippen LogP contribution in [0, 0.1) is 0 Å². The van der Waals surface area contributed by atoms with Gasteiger partial charge in [0.2, 0.25) is 5.95 Å². The van der Waals surface area contributed by atoms with Crippen LogP contribution in [0.2, 0.25) is 0 Å². The number of aromatic nitrogens is 5. The molecule has 8 nitrogen and oxygen atoms in total. The Bertz CT molecular complexity index is 1460. The number of nitrogens with zero attached hydrogens (tertiary/aromatic N) is 5. The second-order valence-electron chi connectivity index (χ2n) is 9.96. The highest BCUT2D eigenvalue weighted by Crippen LogP contribution is 2.46. The molecule has 0 radical (unpaired) electrons. The zero-order valence-electron chi connectivity index (χ0n) is 19.8. The Labute approximate surface area is 198 Å². The summed E-state index contributed by atoms with van der Waals surface area (Å²) < 4.78 is 3.57. The summed E-state index contributed by atoms with van der Waals surface area (Å²) in [6.07, 6.45) is 4.94. The molecule has 2 aliphatic rings. The molecule has 0 amide bonds. The molecule has 34 heavy (non-hydrogen) atoms. The summed E-state index contributed by atoms with van der Waals surface area (Å²) >= 11 is 0. The van der Waals surface area contributed by atoms with Crippen LogP contribution >= 0.6 is 0 Å². The van der Waals surface area contributed by atoms with Gasteiger partial charge in [-0.3, -0.25) is 4.79 Å². The van der Waals surface area contributed by atoms with Gasteiger partial charge >= 0.3 is 0 Å². The van der Waals surface area contributed by atoms with E-state index in [0.29, 0.717) is 22.8 Å². The molecule has 1 fully saturated rings. The fourth-order valence-corrected chi connectivity index (χ4v) is 4.75. The monoisotopic (exact) mass is 455 g/mol. The number of hydrogen-bond donors (Lipinski definition) is 2. The van der Waals surface area contributed by atoms with Gasteiger partial charge in [0, 0.05) is 35.6 Å². The summed E-state index contributed by atoms with van der Waals surface area (Å²) in [7, 11) is 0. The van der Waals surface area contributed by atoms with E-state index in [-0.39, 0.29) is 17.0 Å². The van der Waals surface area contributed by atoms with E-state index in [1.54, 1.807) is 10.9 Å². The molecule has 1 saturated carbocycles. The highest BCUT2D eigenvalue weighted by Gasteiger charge is 2.40. The van der Waals surface area contributed by atoms with E-state index >= 15 is 0 Å². The van der Waals surface area contributed by atoms with E-state index in [4.69, 9.17) is 9.97 Å². The minimum absolute atomic E-state index is 0.0618. The normalized spacial score (nSPS) is 16.6. The summed E-state index contributed by atoms with van der Waals surface area (Å²) in [5, 5.41) is 7.23. The van der Waals surface area contributed by atoms with Crippen molar-refractivity contribution in [3.8, 4) is 5.82 Å². The minimum atomic E-state index is -0.110. The first-order valence-corrected chi connectivity index (χ1v) is 12.0. The van der Waals surface area contributed by atoms with Crippen molar-refractivity contribution in [2.24, 2.45) is 0 Å². The van der Waals surface area contributed by atoms with Crippen molar-refractivity contribution in [2.75, 3.05) is 11.9 Å². The van der Waals surface area contributed by atoms with Gasteiger partial charge in [0.15, 0.2) is 11.5 Å². The molecule has 174 valence electrons. The molecule has 0 unspecified atom stereocenters. The van der Waals surface area contributed by atoms with Gasteiger partial charge in [0.05, 0.1) is 0 Å². The fourth-order valence-electron chi connectivity index (χ4n) is 4.75. The highest BCUT2D eigenvalue weighted by molar-refractivity contribution is 5.77. The molecule has 0 spiro atoms. The molecular weight excluding hydrogens is 426 g/mol. The Morgan fingerprint density at radius 2 is 1.97 bits per heavy atom. The van der Waals surface area contributed by atoms with Gasteiger partial charge in [-0.15, -0.1) is 0 Å². The molecule has 1 aliphatic carbocycles. The lowest BCUT2D eigenvalue weighted by Crippen LogP contribution is -2.25. The van der Waals surface area contributed by atoms with Crippen molar-refractivity contribution < 1.29 is 0 Å². The van der Waals surface area contributed by atoms with E-state index in [1.807, 2.05) is 30.7 Å². The van der Waals surface area contributed by atoms with Crippen molar-refractivity contribution >= 4 is 22.7 Å². The molecule has 3 aromatic heterocycles. The lowest BCUT2D eigenvalue weighted by atomic mass is 10.0. The van der Waals surface area contributed by atoms with Gasteiger partial charge in [-0.2, -0.15) is 4.98 Å². The third kappa shape index (κ3) is 3.49. The van der Waals surface area contributed by atoms with Crippen molar-refractivity contribution in [1.82, 2.24) is 29.6 Å². The molecule has 1 aromatic carbocycles. The standard InChI is InChI=1S/C26H29N7O/c1-16(2)32-24(34)20-15-28-25(29-19-8-7-17-9-12-27-14-18(17)13-19)31-23(20)33(32)22-6-4-5-21(30-22)26(3)10-11-26/h4-8,13,15-16,27H,9-12,14H2,1-3H3,(H,28,29,31). The van der Waals surface area contributed by atoms with Crippen molar-refractivity contribution in [3.05, 3.63) is 69.8 Å². The van der Waals surface area contributed by atoms with Crippen molar-refractivity contribution in [1.29, 1.82) is 0 Å². The van der Waals surface area contributed by atoms with E-state index in [1.165, 1.54) is 11.1 Å². The van der Waals surface area contributed by atoms with E-state index in [2.05, 4.69) is 46.8 Å². The first kappa shape index (κ1) is 21.0. The number of nitrogens with one attached hydrogen (secondary N) is 2. The molecule has 8 heteroatoms. The number of pyridine rings is 1. The third-order valence-electron chi connectivity index (χ3n) is 7.03. The summed E-state index contributed by atoms with van der Waals surface area (Å²) in [4.78, 5) is 27.5. The zero-order chi connectivity index (χ0) is 23.4. The first-order chi connectivity index (χ1) is 16.4. The van der Waals surface area contributed by atoms with Crippen LogP contribution in [0.3, 0.4) is 0 Å². The maximum atomic E-state index is 13.3. The number of rotatable bonds is 5. The van der Waals surface area contributed by atoms with Gasteiger partial charge < -0.3 is 10.6 Å². The predicted octanol–water partition coefficient (Wildman–Crippen LogP) is 4.00. The Hall–Kier alpha value is -3.52. The van der Waals surface area contributed by atoms with E-state index < -0.39 is 0 Å². The van der Waals surface area contributed by atoms with Crippen molar-refractivity contribution in [2.45, 2.75) is 58.0 Å². The van der Waals surface area contributed by atoms with Crippen molar-refractivity contribution in [3.63, 3.8) is 0 Å². The molecule has 0 saturated heterocycles. The van der Waals surface area contributed by atoms with Gasteiger partial charge in [-0.1, -0.05) is 19.1 Å². The molecular formula is C26H29N7O. The minimum Gasteiger partial charge on any atom is -0.324 e. The summed E-state index contributed by atoms with van der Waals surface area (Å²) in [5.41, 5.74) is 5.23. The number of benzene rings is 1. The molecule has 4 heterocycles. The lowest BCUT2D eigenvalue weighted by molar-refractivity contribution is 0.471. The number of anilines is 2. The van der Waals surface area contributed by atoms with E-state index in [0.717, 1.165) is 43.7 Å². The maximum Gasteiger partial charge on any atom is 0.278 e. The Morgan fingerprint density at radius 3 is 2.76 bits per heavy atom. The maximum absolute atomic E-state index is 13.3. The first-order valence-electron chi connectivity index (χ1n) is 12.0.